The zero-order valence-corrected chi connectivity index (χ0v) is 21.8. The van der Waals surface area contributed by atoms with E-state index in [9.17, 15) is 0 Å². The van der Waals surface area contributed by atoms with Crippen molar-refractivity contribution in [2.24, 2.45) is 0 Å². The fourth-order valence-electron chi connectivity index (χ4n) is 5.54. The predicted molar refractivity (Wildman–Crippen MR) is 166 cm³/mol. The standard InChI is InChI=1S/C36H22N2S/c1-2-10-23(11-3-1)25-16-8-17-28(20-25)33-35-34(31-21-26-13-4-5-14-27(26)22-32(31)39-35)38-36(37-33)30-19-9-15-24-12-6-7-18-29(24)30/h1-22H. The zero-order valence-electron chi connectivity index (χ0n) is 21.0. The Balaban J connectivity index is 1.46. The maximum absolute atomic E-state index is 5.29. The Kier molecular flexibility index (Phi) is 5.04. The molecule has 6 aromatic carbocycles. The highest BCUT2D eigenvalue weighted by molar-refractivity contribution is 7.26. The minimum atomic E-state index is 0.757. The maximum atomic E-state index is 5.29. The third kappa shape index (κ3) is 3.70. The van der Waals surface area contributed by atoms with Crippen molar-refractivity contribution in [1.82, 2.24) is 9.97 Å². The summed E-state index contributed by atoms with van der Waals surface area (Å²) < 4.78 is 2.35. The fourth-order valence-corrected chi connectivity index (χ4v) is 6.73. The molecular weight excluding hydrogens is 492 g/mol. The van der Waals surface area contributed by atoms with Crippen LogP contribution in [0.2, 0.25) is 0 Å². The Labute approximate surface area is 229 Å². The van der Waals surface area contributed by atoms with E-state index in [1.807, 2.05) is 0 Å². The van der Waals surface area contributed by atoms with E-state index in [1.54, 1.807) is 11.3 Å². The molecule has 182 valence electrons. The number of hydrogen-bond donors (Lipinski definition) is 0. The molecule has 0 bridgehead atoms. The first kappa shape index (κ1) is 22.2. The number of nitrogens with zero attached hydrogens (tertiary/aromatic N) is 2. The van der Waals surface area contributed by atoms with Crippen LogP contribution < -0.4 is 0 Å². The van der Waals surface area contributed by atoms with Gasteiger partial charge in [0.15, 0.2) is 5.82 Å². The van der Waals surface area contributed by atoms with Gasteiger partial charge in [-0.1, -0.05) is 115 Å². The lowest BCUT2D eigenvalue weighted by atomic mass is 10.0. The van der Waals surface area contributed by atoms with Gasteiger partial charge in [0.05, 0.1) is 15.9 Å². The first-order valence-corrected chi connectivity index (χ1v) is 13.9. The number of hydrogen-bond acceptors (Lipinski definition) is 3. The smallest absolute Gasteiger partial charge is 0.161 e. The molecule has 0 N–H and O–H groups in total. The molecule has 3 heteroatoms. The molecule has 0 unspecified atom stereocenters. The molecule has 0 aliphatic carbocycles. The number of rotatable bonds is 3. The van der Waals surface area contributed by atoms with Gasteiger partial charge in [-0.05, 0) is 50.9 Å². The topological polar surface area (TPSA) is 25.8 Å². The van der Waals surface area contributed by atoms with Crippen LogP contribution in [-0.4, -0.2) is 9.97 Å². The predicted octanol–water partition coefficient (Wildman–Crippen LogP) is 10.2. The van der Waals surface area contributed by atoms with Crippen LogP contribution in [0, 0.1) is 0 Å². The molecule has 2 heterocycles. The lowest BCUT2D eigenvalue weighted by Crippen LogP contribution is -1.94. The largest absolute Gasteiger partial charge is 0.226 e. The SMILES string of the molecule is c1ccc(-c2cccc(-c3nc(-c4cccc5ccccc45)nc4c3sc3cc5ccccc5cc34)c2)cc1. The van der Waals surface area contributed by atoms with E-state index in [2.05, 4.69) is 133 Å². The Morgan fingerprint density at radius 3 is 2.00 bits per heavy atom. The van der Waals surface area contributed by atoms with E-state index >= 15 is 0 Å². The third-order valence-electron chi connectivity index (χ3n) is 7.45. The molecule has 0 aliphatic heterocycles. The average molecular weight is 515 g/mol. The lowest BCUT2D eigenvalue weighted by molar-refractivity contribution is 1.24. The van der Waals surface area contributed by atoms with E-state index in [-0.39, 0.29) is 0 Å². The summed E-state index contributed by atoms with van der Waals surface area (Å²) in [6, 6.07) is 47.2. The molecule has 0 radical (unpaired) electrons. The van der Waals surface area contributed by atoms with Crippen LogP contribution in [0.15, 0.2) is 133 Å². The Bertz CT molecular complexity index is 2170. The molecular formula is C36H22N2S. The zero-order chi connectivity index (χ0) is 25.8. The van der Waals surface area contributed by atoms with Crippen molar-refractivity contribution in [3.05, 3.63) is 133 Å². The summed E-state index contributed by atoms with van der Waals surface area (Å²) >= 11 is 1.78. The quantitative estimate of drug-likeness (QED) is 0.234. The normalized spacial score (nSPS) is 11.6. The number of aromatic nitrogens is 2. The first-order valence-electron chi connectivity index (χ1n) is 13.1. The minimum Gasteiger partial charge on any atom is -0.226 e. The van der Waals surface area contributed by atoms with Crippen LogP contribution in [0.1, 0.15) is 0 Å². The molecule has 0 saturated carbocycles. The second kappa shape index (κ2) is 8.87. The Morgan fingerprint density at radius 2 is 1.13 bits per heavy atom. The molecule has 0 atom stereocenters. The lowest BCUT2D eigenvalue weighted by Gasteiger charge is -2.10. The van der Waals surface area contributed by atoms with Crippen molar-refractivity contribution < 1.29 is 0 Å². The summed E-state index contributed by atoms with van der Waals surface area (Å²) in [5.74, 6) is 0.757. The van der Waals surface area contributed by atoms with Gasteiger partial charge >= 0.3 is 0 Å². The summed E-state index contributed by atoms with van der Waals surface area (Å²) in [5.41, 5.74) is 6.52. The summed E-state index contributed by atoms with van der Waals surface area (Å²) in [6.45, 7) is 0. The van der Waals surface area contributed by atoms with Gasteiger partial charge in [0.25, 0.3) is 0 Å². The molecule has 0 spiro atoms. The summed E-state index contributed by atoms with van der Waals surface area (Å²) in [4.78, 5) is 10.5. The molecule has 0 fully saturated rings. The third-order valence-corrected chi connectivity index (χ3v) is 8.60. The summed E-state index contributed by atoms with van der Waals surface area (Å²) in [6.07, 6.45) is 0. The van der Waals surface area contributed by atoms with Crippen LogP contribution in [0.3, 0.4) is 0 Å². The van der Waals surface area contributed by atoms with Gasteiger partial charge in [0.1, 0.15) is 0 Å². The van der Waals surface area contributed by atoms with E-state index in [0.29, 0.717) is 0 Å². The maximum Gasteiger partial charge on any atom is 0.161 e. The van der Waals surface area contributed by atoms with Crippen molar-refractivity contribution in [2.75, 3.05) is 0 Å². The number of thiophene rings is 1. The van der Waals surface area contributed by atoms with Crippen molar-refractivity contribution in [1.29, 1.82) is 0 Å². The minimum absolute atomic E-state index is 0.757. The van der Waals surface area contributed by atoms with Crippen LogP contribution in [-0.2, 0) is 0 Å². The average Bonchev–Trinajstić information content (AvgIpc) is 3.37. The van der Waals surface area contributed by atoms with Crippen LogP contribution >= 0.6 is 11.3 Å². The van der Waals surface area contributed by atoms with E-state index in [4.69, 9.17) is 9.97 Å². The highest BCUT2D eigenvalue weighted by Gasteiger charge is 2.18. The molecule has 8 rings (SSSR count). The van der Waals surface area contributed by atoms with Gasteiger partial charge in [0, 0.05) is 21.2 Å². The second-order valence-corrected chi connectivity index (χ2v) is 10.9. The van der Waals surface area contributed by atoms with Crippen molar-refractivity contribution in [3.8, 4) is 33.8 Å². The summed E-state index contributed by atoms with van der Waals surface area (Å²) in [5, 5.41) is 5.99. The van der Waals surface area contributed by atoms with Crippen LogP contribution in [0.4, 0.5) is 0 Å². The fraction of sp³-hybridized carbons (Fsp3) is 0. The van der Waals surface area contributed by atoms with Gasteiger partial charge in [0.2, 0.25) is 0 Å². The van der Waals surface area contributed by atoms with Crippen molar-refractivity contribution in [3.63, 3.8) is 0 Å². The highest BCUT2D eigenvalue weighted by Crippen LogP contribution is 2.42. The van der Waals surface area contributed by atoms with E-state index < -0.39 is 0 Å². The van der Waals surface area contributed by atoms with Crippen molar-refractivity contribution >= 4 is 53.2 Å². The molecule has 0 aliphatic rings. The van der Waals surface area contributed by atoms with Crippen LogP contribution in [0.5, 0.6) is 0 Å². The molecule has 2 aromatic heterocycles. The molecule has 8 aromatic rings. The number of fused-ring (bicyclic) bond motifs is 5. The number of benzene rings is 6. The summed E-state index contributed by atoms with van der Waals surface area (Å²) in [7, 11) is 0. The second-order valence-electron chi connectivity index (χ2n) is 9.84. The van der Waals surface area contributed by atoms with Gasteiger partial charge < -0.3 is 0 Å². The molecule has 2 nitrogen and oxygen atoms in total. The molecule has 0 amide bonds. The van der Waals surface area contributed by atoms with Gasteiger partial charge in [-0.15, -0.1) is 11.3 Å². The van der Waals surface area contributed by atoms with Crippen molar-refractivity contribution in [2.45, 2.75) is 0 Å². The van der Waals surface area contributed by atoms with E-state index in [1.165, 1.54) is 37.4 Å². The van der Waals surface area contributed by atoms with Gasteiger partial charge in [-0.25, -0.2) is 9.97 Å². The highest BCUT2D eigenvalue weighted by atomic mass is 32.1. The monoisotopic (exact) mass is 514 g/mol. The molecule has 39 heavy (non-hydrogen) atoms. The molecule has 0 saturated heterocycles. The first-order chi connectivity index (χ1) is 19.3. The van der Waals surface area contributed by atoms with Gasteiger partial charge in [-0.3, -0.25) is 0 Å². The Hall–Kier alpha value is -4.86. The van der Waals surface area contributed by atoms with E-state index in [0.717, 1.165) is 38.2 Å². The van der Waals surface area contributed by atoms with Crippen LogP contribution in [0.25, 0.3) is 75.6 Å². The van der Waals surface area contributed by atoms with Gasteiger partial charge in [-0.2, -0.15) is 0 Å². The Morgan fingerprint density at radius 1 is 0.462 bits per heavy atom.